The van der Waals surface area contributed by atoms with Crippen molar-refractivity contribution in [1.29, 1.82) is 0 Å². The van der Waals surface area contributed by atoms with Gasteiger partial charge < -0.3 is 15.4 Å². The van der Waals surface area contributed by atoms with E-state index in [0.29, 0.717) is 17.4 Å². The van der Waals surface area contributed by atoms with Gasteiger partial charge in [-0.1, -0.05) is 0 Å². The van der Waals surface area contributed by atoms with Crippen molar-refractivity contribution in [2.45, 2.75) is 13.3 Å². The molecule has 0 unspecified atom stereocenters. The lowest BCUT2D eigenvalue weighted by Gasteiger charge is -2.09. The molecule has 0 fully saturated rings. The van der Waals surface area contributed by atoms with Gasteiger partial charge in [-0.3, -0.25) is 4.79 Å². The van der Waals surface area contributed by atoms with Crippen LogP contribution in [-0.2, 0) is 0 Å². The van der Waals surface area contributed by atoms with Crippen LogP contribution in [0.25, 0.3) is 0 Å². The van der Waals surface area contributed by atoms with Crippen LogP contribution < -0.4 is 15.4 Å². The monoisotopic (exact) mass is 331 g/mol. The van der Waals surface area contributed by atoms with E-state index in [2.05, 4.69) is 20.4 Å². The maximum absolute atomic E-state index is 12.0. The number of alkyl halides is 3. The Morgan fingerprint density at radius 3 is 2.59 bits per heavy atom. The van der Waals surface area contributed by atoms with E-state index in [9.17, 15) is 18.0 Å². The average Bonchev–Trinajstić information content (AvgIpc) is 2.88. The summed E-state index contributed by atoms with van der Waals surface area (Å²) in [6, 6.07) is 5.23. The Labute approximate surface area is 128 Å². The van der Waals surface area contributed by atoms with Crippen molar-refractivity contribution < 1.29 is 22.7 Å². The summed E-state index contributed by atoms with van der Waals surface area (Å²) in [5.41, 5.74) is 0.817. The molecule has 1 amide bonds. The second-order valence-corrected chi connectivity index (χ2v) is 4.95. The van der Waals surface area contributed by atoms with Gasteiger partial charge in [-0.15, -0.1) is 24.5 Å². The standard InChI is InChI=1S/C13H12F3N3O2S/c1-2-17-11(20)10-7-22-12(19-10)18-8-3-5-9(6-4-8)21-13(14,15)16/h3-7H,2H2,1H3,(H,17,20)(H,18,19). The van der Waals surface area contributed by atoms with Crippen molar-refractivity contribution >= 4 is 28.1 Å². The quantitative estimate of drug-likeness (QED) is 0.880. The second-order valence-electron chi connectivity index (χ2n) is 4.09. The first-order chi connectivity index (χ1) is 10.4. The van der Waals surface area contributed by atoms with Crippen LogP contribution in [0.2, 0.25) is 0 Å². The van der Waals surface area contributed by atoms with Crippen LogP contribution >= 0.6 is 11.3 Å². The molecule has 0 atom stereocenters. The van der Waals surface area contributed by atoms with Crippen LogP contribution in [0.5, 0.6) is 5.75 Å². The highest BCUT2D eigenvalue weighted by molar-refractivity contribution is 7.14. The topological polar surface area (TPSA) is 63.2 Å². The van der Waals surface area contributed by atoms with Gasteiger partial charge in [0.05, 0.1) is 0 Å². The van der Waals surface area contributed by atoms with Crippen molar-refractivity contribution in [1.82, 2.24) is 10.3 Å². The zero-order valence-electron chi connectivity index (χ0n) is 11.4. The van der Waals surface area contributed by atoms with Crippen LogP contribution in [-0.4, -0.2) is 23.8 Å². The number of carbonyl (C=O) groups is 1. The van der Waals surface area contributed by atoms with Gasteiger partial charge in [0.15, 0.2) is 5.13 Å². The van der Waals surface area contributed by atoms with Crippen LogP contribution in [0, 0.1) is 0 Å². The lowest BCUT2D eigenvalue weighted by molar-refractivity contribution is -0.274. The Morgan fingerprint density at radius 2 is 2.00 bits per heavy atom. The minimum absolute atomic E-state index is 0.277. The molecule has 118 valence electrons. The molecule has 2 rings (SSSR count). The van der Waals surface area contributed by atoms with E-state index in [0.717, 1.165) is 0 Å². The number of halogens is 3. The van der Waals surface area contributed by atoms with Gasteiger partial charge in [-0.25, -0.2) is 4.98 Å². The maximum Gasteiger partial charge on any atom is 0.573 e. The molecule has 0 bridgehead atoms. The molecule has 1 heterocycles. The zero-order valence-corrected chi connectivity index (χ0v) is 12.2. The van der Waals surface area contributed by atoms with Crippen LogP contribution in [0.1, 0.15) is 17.4 Å². The molecule has 0 aliphatic carbocycles. The van der Waals surface area contributed by atoms with Gasteiger partial charge in [-0.05, 0) is 31.2 Å². The number of hydrogen-bond acceptors (Lipinski definition) is 5. The Morgan fingerprint density at radius 1 is 1.32 bits per heavy atom. The number of rotatable bonds is 5. The minimum atomic E-state index is -4.72. The van der Waals surface area contributed by atoms with Crippen LogP contribution in [0.3, 0.4) is 0 Å². The van der Waals surface area contributed by atoms with E-state index in [1.807, 2.05) is 0 Å². The molecule has 5 nitrogen and oxygen atoms in total. The molecule has 22 heavy (non-hydrogen) atoms. The predicted octanol–water partition coefficient (Wildman–Crippen LogP) is 3.54. The Kier molecular flexibility index (Phi) is 4.86. The molecule has 0 aliphatic rings. The van der Waals surface area contributed by atoms with E-state index >= 15 is 0 Å². The first-order valence-corrected chi connectivity index (χ1v) is 7.12. The highest BCUT2D eigenvalue weighted by atomic mass is 32.1. The van der Waals surface area contributed by atoms with Crippen molar-refractivity contribution in [2.75, 3.05) is 11.9 Å². The number of amides is 1. The molecule has 2 aromatic rings. The van der Waals surface area contributed by atoms with Crippen molar-refractivity contribution in [3.63, 3.8) is 0 Å². The molecule has 0 saturated carbocycles. The number of nitrogens with zero attached hydrogens (tertiary/aromatic N) is 1. The van der Waals surface area contributed by atoms with E-state index in [4.69, 9.17) is 0 Å². The normalized spacial score (nSPS) is 11.1. The molecule has 0 saturated heterocycles. The maximum atomic E-state index is 12.0. The van der Waals surface area contributed by atoms with Crippen molar-refractivity contribution in [2.24, 2.45) is 0 Å². The van der Waals surface area contributed by atoms with E-state index in [1.165, 1.54) is 35.6 Å². The first-order valence-electron chi connectivity index (χ1n) is 6.24. The molecule has 0 spiro atoms. The summed E-state index contributed by atoms with van der Waals surface area (Å²) in [6.45, 7) is 2.30. The lowest BCUT2D eigenvalue weighted by Crippen LogP contribution is -2.22. The summed E-state index contributed by atoms with van der Waals surface area (Å²) in [5, 5.41) is 7.58. The summed E-state index contributed by atoms with van der Waals surface area (Å²) in [5.74, 6) is -0.582. The number of carbonyl (C=O) groups excluding carboxylic acids is 1. The van der Waals surface area contributed by atoms with Crippen molar-refractivity contribution in [3.8, 4) is 5.75 Å². The fourth-order valence-electron chi connectivity index (χ4n) is 1.55. The summed E-state index contributed by atoms with van der Waals surface area (Å²) < 4.78 is 39.9. The number of ether oxygens (including phenoxy) is 1. The third-order valence-corrected chi connectivity index (χ3v) is 3.17. The number of thiazole rings is 1. The fraction of sp³-hybridized carbons (Fsp3) is 0.231. The summed E-state index contributed by atoms with van der Waals surface area (Å²) in [4.78, 5) is 15.7. The molecular formula is C13H12F3N3O2S. The van der Waals surface area contributed by atoms with Gasteiger partial charge in [0.1, 0.15) is 11.4 Å². The second kappa shape index (κ2) is 6.65. The van der Waals surface area contributed by atoms with Gasteiger partial charge in [0.25, 0.3) is 5.91 Å². The molecule has 2 N–H and O–H groups in total. The fourth-order valence-corrected chi connectivity index (χ4v) is 2.26. The molecule has 0 aliphatic heterocycles. The van der Waals surface area contributed by atoms with Gasteiger partial charge in [-0.2, -0.15) is 0 Å². The number of aromatic nitrogens is 1. The SMILES string of the molecule is CCNC(=O)c1csc(Nc2ccc(OC(F)(F)F)cc2)n1. The smallest absolute Gasteiger partial charge is 0.406 e. The number of hydrogen-bond donors (Lipinski definition) is 2. The predicted molar refractivity (Wildman–Crippen MR) is 76.5 cm³/mol. The Bertz CT molecular complexity index is 641. The molecule has 0 radical (unpaired) electrons. The number of benzene rings is 1. The van der Waals surface area contributed by atoms with E-state index < -0.39 is 6.36 Å². The first kappa shape index (κ1) is 16.1. The molecule has 1 aromatic carbocycles. The third kappa shape index (κ3) is 4.62. The summed E-state index contributed by atoms with van der Waals surface area (Å²) in [7, 11) is 0. The summed E-state index contributed by atoms with van der Waals surface area (Å²) >= 11 is 1.22. The lowest BCUT2D eigenvalue weighted by atomic mass is 10.3. The average molecular weight is 331 g/mol. The number of nitrogens with one attached hydrogen (secondary N) is 2. The zero-order chi connectivity index (χ0) is 16.2. The van der Waals surface area contributed by atoms with Gasteiger partial charge >= 0.3 is 6.36 Å². The number of anilines is 2. The van der Waals surface area contributed by atoms with Crippen molar-refractivity contribution in [3.05, 3.63) is 35.3 Å². The molecule has 9 heteroatoms. The highest BCUT2D eigenvalue weighted by Gasteiger charge is 2.30. The Balaban J connectivity index is 2.00. The van der Waals surface area contributed by atoms with Gasteiger partial charge in [0.2, 0.25) is 0 Å². The third-order valence-electron chi connectivity index (χ3n) is 2.41. The van der Waals surface area contributed by atoms with Crippen LogP contribution in [0.4, 0.5) is 24.0 Å². The van der Waals surface area contributed by atoms with E-state index in [-0.39, 0.29) is 17.4 Å². The molecular weight excluding hydrogens is 319 g/mol. The minimum Gasteiger partial charge on any atom is -0.406 e. The molecule has 1 aromatic heterocycles. The van der Waals surface area contributed by atoms with E-state index in [1.54, 1.807) is 12.3 Å². The summed E-state index contributed by atoms with van der Waals surface area (Å²) in [6.07, 6.45) is -4.72. The highest BCUT2D eigenvalue weighted by Crippen LogP contribution is 2.26. The Hall–Kier alpha value is -2.29. The van der Waals surface area contributed by atoms with Gasteiger partial charge in [0, 0.05) is 17.6 Å². The largest absolute Gasteiger partial charge is 0.573 e. The van der Waals surface area contributed by atoms with Crippen LogP contribution in [0.15, 0.2) is 29.6 Å².